The quantitative estimate of drug-likeness (QED) is 0.804. The SMILES string of the molecule is O=C(N[C@H]1C[C@H]2CC[C@H]1C2)c1ccco1. The molecule has 1 aromatic rings. The van der Waals surface area contributed by atoms with E-state index < -0.39 is 0 Å². The highest BCUT2D eigenvalue weighted by Crippen LogP contribution is 2.44. The maximum Gasteiger partial charge on any atom is 0.287 e. The van der Waals surface area contributed by atoms with Crippen LogP contribution < -0.4 is 5.32 Å². The van der Waals surface area contributed by atoms with Crippen molar-refractivity contribution in [3.63, 3.8) is 0 Å². The number of hydrogen-bond donors (Lipinski definition) is 1. The number of carbonyl (C=O) groups excluding carboxylic acids is 1. The van der Waals surface area contributed by atoms with E-state index >= 15 is 0 Å². The van der Waals surface area contributed by atoms with E-state index in [2.05, 4.69) is 5.32 Å². The molecule has 80 valence electrons. The average Bonchev–Trinajstić information content (AvgIpc) is 2.95. The largest absolute Gasteiger partial charge is 0.459 e. The molecule has 1 heterocycles. The number of rotatable bonds is 2. The Balaban J connectivity index is 1.64. The second kappa shape index (κ2) is 3.40. The van der Waals surface area contributed by atoms with Gasteiger partial charge < -0.3 is 9.73 Å². The molecule has 0 spiro atoms. The Morgan fingerprint density at radius 2 is 2.33 bits per heavy atom. The number of carbonyl (C=O) groups is 1. The van der Waals surface area contributed by atoms with Crippen molar-refractivity contribution in [3.8, 4) is 0 Å². The summed E-state index contributed by atoms with van der Waals surface area (Å²) in [4.78, 5) is 11.7. The second-order valence-corrected chi connectivity index (χ2v) is 4.73. The molecule has 2 fully saturated rings. The van der Waals surface area contributed by atoms with Crippen LogP contribution in [0.15, 0.2) is 22.8 Å². The van der Waals surface area contributed by atoms with Crippen LogP contribution in [0.4, 0.5) is 0 Å². The molecule has 3 nitrogen and oxygen atoms in total. The number of nitrogens with one attached hydrogen (secondary N) is 1. The average molecular weight is 205 g/mol. The molecule has 1 N–H and O–H groups in total. The summed E-state index contributed by atoms with van der Waals surface area (Å²) in [6, 6.07) is 3.85. The van der Waals surface area contributed by atoms with E-state index in [0.29, 0.717) is 17.7 Å². The Kier molecular flexibility index (Phi) is 2.04. The van der Waals surface area contributed by atoms with Crippen molar-refractivity contribution in [2.75, 3.05) is 0 Å². The molecule has 2 aliphatic rings. The van der Waals surface area contributed by atoms with Gasteiger partial charge in [-0.05, 0) is 43.2 Å². The van der Waals surface area contributed by atoms with E-state index in [1.54, 1.807) is 12.1 Å². The van der Waals surface area contributed by atoms with Gasteiger partial charge in [0.05, 0.1) is 6.26 Å². The molecular formula is C12H15NO2. The zero-order chi connectivity index (χ0) is 10.3. The summed E-state index contributed by atoms with van der Waals surface area (Å²) in [7, 11) is 0. The summed E-state index contributed by atoms with van der Waals surface area (Å²) < 4.78 is 5.07. The smallest absolute Gasteiger partial charge is 0.287 e. The van der Waals surface area contributed by atoms with Crippen molar-refractivity contribution in [2.24, 2.45) is 11.8 Å². The molecule has 2 aliphatic carbocycles. The molecule has 0 saturated heterocycles. The van der Waals surface area contributed by atoms with Gasteiger partial charge in [0, 0.05) is 6.04 Å². The Bertz CT molecular complexity index is 358. The van der Waals surface area contributed by atoms with Crippen LogP contribution in [-0.4, -0.2) is 11.9 Å². The summed E-state index contributed by atoms with van der Waals surface area (Å²) in [6.07, 6.45) is 6.65. The van der Waals surface area contributed by atoms with Crippen LogP contribution in [0.25, 0.3) is 0 Å². The van der Waals surface area contributed by atoms with E-state index in [1.807, 2.05) is 0 Å². The van der Waals surface area contributed by atoms with Crippen molar-refractivity contribution in [1.29, 1.82) is 0 Å². The van der Waals surface area contributed by atoms with Crippen LogP contribution in [-0.2, 0) is 0 Å². The molecule has 2 bridgehead atoms. The molecule has 2 saturated carbocycles. The molecule has 1 aromatic heterocycles. The first-order valence-electron chi connectivity index (χ1n) is 5.67. The lowest BCUT2D eigenvalue weighted by Crippen LogP contribution is -2.38. The summed E-state index contributed by atoms with van der Waals surface area (Å²) in [5.41, 5.74) is 0. The van der Waals surface area contributed by atoms with Gasteiger partial charge in [-0.3, -0.25) is 4.79 Å². The fourth-order valence-corrected chi connectivity index (χ4v) is 3.07. The Morgan fingerprint density at radius 3 is 2.93 bits per heavy atom. The predicted octanol–water partition coefficient (Wildman–Crippen LogP) is 2.20. The summed E-state index contributed by atoms with van der Waals surface area (Å²) >= 11 is 0. The number of fused-ring (bicyclic) bond motifs is 2. The fourth-order valence-electron chi connectivity index (χ4n) is 3.07. The molecule has 0 aliphatic heterocycles. The van der Waals surface area contributed by atoms with E-state index in [4.69, 9.17) is 4.42 Å². The van der Waals surface area contributed by atoms with Crippen LogP contribution in [0.3, 0.4) is 0 Å². The molecule has 3 atom stereocenters. The summed E-state index contributed by atoms with van der Waals surface area (Å²) in [5.74, 6) is 1.95. The Morgan fingerprint density at radius 1 is 1.40 bits per heavy atom. The Labute approximate surface area is 88.8 Å². The van der Waals surface area contributed by atoms with Gasteiger partial charge >= 0.3 is 0 Å². The van der Waals surface area contributed by atoms with Crippen molar-refractivity contribution >= 4 is 5.91 Å². The molecule has 0 radical (unpaired) electrons. The second-order valence-electron chi connectivity index (χ2n) is 4.73. The van der Waals surface area contributed by atoms with Gasteiger partial charge in [-0.2, -0.15) is 0 Å². The normalized spacial score (nSPS) is 33.2. The van der Waals surface area contributed by atoms with Crippen molar-refractivity contribution < 1.29 is 9.21 Å². The lowest BCUT2D eigenvalue weighted by Gasteiger charge is -2.22. The zero-order valence-corrected chi connectivity index (χ0v) is 8.61. The predicted molar refractivity (Wildman–Crippen MR) is 55.4 cm³/mol. The van der Waals surface area contributed by atoms with Gasteiger partial charge in [0.1, 0.15) is 0 Å². The van der Waals surface area contributed by atoms with E-state index in [0.717, 1.165) is 12.3 Å². The minimum absolute atomic E-state index is 0.0578. The van der Waals surface area contributed by atoms with Crippen LogP contribution in [0, 0.1) is 11.8 Å². The lowest BCUT2D eigenvalue weighted by atomic mass is 9.95. The maximum absolute atomic E-state index is 11.7. The molecule has 0 aromatic carbocycles. The third kappa shape index (κ3) is 1.56. The molecule has 3 heteroatoms. The fraction of sp³-hybridized carbons (Fsp3) is 0.583. The van der Waals surface area contributed by atoms with Gasteiger partial charge in [0.25, 0.3) is 5.91 Å². The van der Waals surface area contributed by atoms with E-state index in [1.165, 1.54) is 25.5 Å². The summed E-state index contributed by atoms with van der Waals surface area (Å²) in [6.45, 7) is 0. The minimum Gasteiger partial charge on any atom is -0.459 e. The monoisotopic (exact) mass is 205 g/mol. The van der Waals surface area contributed by atoms with Crippen LogP contribution in [0.2, 0.25) is 0 Å². The van der Waals surface area contributed by atoms with Crippen LogP contribution in [0.5, 0.6) is 0 Å². The zero-order valence-electron chi connectivity index (χ0n) is 8.61. The van der Waals surface area contributed by atoms with E-state index in [9.17, 15) is 4.79 Å². The summed E-state index contributed by atoms with van der Waals surface area (Å²) in [5, 5.41) is 3.08. The van der Waals surface area contributed by atoms with Crippen molar-refractivity contribution in [1.82, 2.24) is 5.32 Å². The third-order valence-electron chi connectivity index (χ3n) is 3.80. The molecule has 0 unspecified atom stereocenters. The van der Waals surface area contributed by atoms with E-state index in [-0.39, 0.29) is 5.91 Å². The number of hydrogen-bond acceptors (Lipinski definition) is 2. The minimum atomic E-state index is -0.0578. The topological polar surface area (TPSA) is 42.2 Å². The number of furan rings is 1. The highest BCUT2D eigenvalue weighted by atomic mass is 16.3. The first kappa shape index (κ1) is 9.01. The third-order valence-corrected chi connectivity index (χ3v) is 3.80. The molecule has 1 amide bonds. The van der Waals surface area contributed by atoms with Crippen molar-refractivity contribution in [3.05, 3.63) is 24.2 Å². The van der Waals surface area contributed by atoms with Gasteiger partial charge in [0.2, 0.25) is 0 Å². The lowest BCUT2D eigenvalue weighted by molar-refractivity contribution is 0.0894. The first-order valence-corrected chi connectivity index (χ1v) is 5.67. The van der Waals surface area contributed by atoms with Gasteiger partial charge in [0.15, 0.2) is 5.76 Å². The Hall–Kier alpha value is -1.25. The first-order chi connectivity index (χ1) is 7.33. The van der Waals surface area contributed by atoms with Gasteiger partial charge in [-0.1, -0.05) is 6.42 Å². The number of amides is 1. The standard InChI is InChI=1S/C12H15NO2/c14-12(11-2-1-5-15-11)13-10-7-8-3-4-9(10)6-8/h1-2,5,8-10H,3-4,6-7H2,(H,13,14)/t8-,9-,10-/m0/s1. The van der Waals surface area contributed by atoms with Crippen LogP contribution >= 0.6 is 0 Å². The highest BCUT2D eigenvalue weighted by Gasteiger charge is 2.40. The molecular weight excluding hydrogens is 190 g/mol. The van der Waals surface area contributed by atoms with Gasteiger partial charge in [-0.15, -0.1) is 0 Å². The molecule has 3 rings (SSSR count). The van der Waals surface area contributed by atoms with Gasteiger partial charge in [-0.25, -0.2) is 0 Å². The van der Waals surface area contributed by atoms with Crippen LogP contribution in [0.1, 0.15) is 36.2 Å². The maximum atomic E-state index is 11.7. The van der Waals surface area contributed by atoms with Crippen molar-refractivity contribution in [2.45, 2.75) is 31.7 Å². The highest BCUT2D eigenvalue weighted by molar-refractivity contribution is 5.91. The molecule has 15 heavy (non-hydrogen) atoms.